The third-order valence-corrected chi connectivity index (χ3v) is 7.22. The van der Waals surface area contributed by atoms with E-state index < -0.39 is 41.7 Å². The summed E-state index contributed by atoms with van der Waals surface area (Å²) in [4.78, 5) is 43.6. The number of aromatic hydroxyl groups is 1. The Labute approximate surface area is 235 Å². The van der Waals surface area contributed by atoms with Crippen LogP contribution in [0.25, 0.3) is 0 Å². The Morgan fingerprint density at radius 1 is 1.02 bits per heavy atom. The zero-order valence-electron chi connectivity index (χ0n) is 22.1. The lowest BCUT2D eigenvalue weighted by Gasteiger charge is -2.55. The molecule has 2 N–H and O–H groups in total. The predicted octanol–water partition coefficient (Wildman–Crippen LogP) is 3.36. The number of phenols is 1. The fourth-order valence-corrected chi connectivity index (χ4v) is 5.23. The summed E-state index contributed by atoms with van der Waals surface area (Å²) in [6, 6.07) is 16.9. The molecule has 2 aliphatic heterocycles. The van der Waals surface area contributed by atoms with Crippen LogP contribution in [-0.2, 0) is 29.1 Å². The summed E-state index contributed by atoms with van der Waals surface area (Å²) < 4.78 is 28.6. The number of fused-ring (bicyclic) bond motifs is 1. The number of rotatable bonds is 7. The highest BCUT2D eigenvalue weighted by Gasteiger charge is 2.51. The topological polar surface area (TPSA) is 96.4 Å². The molecule has 0 aliphatic carbocycles. The summed E-state index contributed by atoms with van der Waals surface area (Å²) in [7, 11) is 0. The Kier molecular flexibility index (Phi) is 7.86. The number of urea groups is 1. The Morgan fingerprint density at radius 3 is 2.46 bits per heavy atom. The van der Waals surface area contributed by atoms with Gasteiger partial charge in [-0.2, -0.15) is 0 Å². The summed E-state index contributed by atoms with van der Waals surface area (Å²) in [5.74, 6) is -2.15. The van der Waals surface area contributed by atoms with E-state index in [1.807, 2.05) is 30.3 Å². The minimum absolute atomic E-state index is 0.0297. The van der Waals surface area contributed by atoms with Crippen molar-refractivity contribution in [3.8, 4) is 5.75 Å². The van der Waals surface area contributed by atoms with Crippen molar-refractivity contribution in [2.45, 2.75) is 31.7 Å². The number of carbonyl (C=O) groups excluding carboxylic acids is 3. The van der Waals surface area contributed by atoms with E-state index in [9.17, 15) is 28.3 Å². The van der Waals surface area contributed by atoms with Crippen LogP contribution in [0.3, 0.4) is 0 Å². The van der Waals surface area contributed by atoms with Gasteiger partial charge >= 0.3 is 6.03 Å². The molecule has 0 saturated carbocycles. The number of amides is 4. The smallest absolute Gasteiger partial charge is 0.338 e. The van der Waals surface area contributed by atoms with Gasteiger partial charge in [0.25, 0.3) is 0 Å². The van der Waals surface area contributed by atoms with E-state index in [0.29, 0.717) is 5.56 Å². The van der Waals surface area contributed by atoms with Gasteiger partial charge in [0.05, 0.1) is 6.54 Å². The molecule has 41 heavy (non-hydrogen) atoms. The van der Waals surface area contributed by atoms with Crippen LogP contribution in [0, 0.1) is 11.6 Å². The van der Waals surface area contributed by atoms with E-state index in [1.54, 1.807) is 12.1 Å². The lowest BCUT2D eigenvalue weighted by atomic mass is 9.98. The highest BCUT2D eigenvalue weighted by atomic mass is 19.1. The molecule has 212 valence electrons. The first-order valence-electron chi connectivity index (χ1n) is 13.1. The largest absolute Gasteiger partial charge is 0.508 e. The third-order valence-electron chi connectivity index (χ3n) is 7.22. The van der Waals surface area contributed by atoms with Gasteiger partial charge in [-0.1, -0.05) is 49.0 Å². The van der Waals surface area contributed by atoms with E-state index in [0.717, 1.165) is 23.8 Å². The molecule has 2 atom stereocenters. The first-order chi connectivity index (χ1) is 19.7. The predicted molar refractivity (Wildman–Crippen MR) is 145 cm³/mol. The molecule has 1 unspecified atom stereocenters. The number of phenolic OH excluding ortho intramolecular Hbond substituents is 1. The Hall–Kier alpha value is -4.93. The quantitative estimate of drug-likeness (QED) is 0.461. The van der Waals surface area contributed by atoms with Crippen molar-refractivity contribution in [3.05, 3.63) is 114 Å². The number of hydrogen-bond acceptors (Lipinski definition) is 5. The van der Waals surface area contributed by atoms with Crippen LogP contribution in [0.2, 0.25) is 0 Å². The summed E-state index contributed by atoms with van der Waals surface area (Å²) in [5.41, 5.74) is 1.50. The van der Waals surface area contributed by atoms with Gasteiger partial charge in [-0.05, 0) is 41.5 Å². The van der Waals surface area contributed by atoms with E-state index >= 15 is 0 Å². The number of nitrogens with one attached hydrogen (secondary N) is 1. The van der Waals surface area contributed by atoms with Crippen molar-refractivity contribution in [2.24, 2.45) is 0 Å². The van der Waals surface area contributed by atoms with Crippen molar-refractivity contribution in [3.63, 3.8) is 0 Å². The molecule has 2 saturated heterocycles. The number of halogens is 2. The molecule has 3 aromatic carbocycles. The molecule has 9 nitrogen and oxygen atoms in total. The van der Waals surface area contributed by atoms with Gasteiger partial charge < -0.3 is 20.2 Å². The molecule has 11 heteroatoms. The van der Waals surface area contributed by atoms with E-state index in [1.165, 1.54) is 38.2 Å². The van der Waals surface area contributed by atoms with E-state index in [-0.39, 0.29) is 43.9 Å². The zero-order chi connectivity index (χ0) is 29.1. The van der Waals surface area contributed by atoms with Crippen LogP contribution in [-0.4, -0.2) is 68.1 Å². The van der Waals surface area contributed by atoms with Crippen LogP contribution >= 0.6 is 0 Å². The van der Waals surface area contributed by atoms with Crippen molar-refractivity contribution in [1.29, 1.82) is 0 Å². The van der Waals surface area contributed by atoms with Gasteiger partial charge in [0, 0.05) is 31.3 Å². The van der Waals surface area contributed by atoms with Gasteiger partial charge in [-0.3, -0.25) is 14.6 Å². The number of hydrogen-bond donors (Lipinski definition) is 2. The van der Waals surface area contributed by atoms with E-state index in [2.05, 4.69) is 11.9 Å². The highest BCUT2D eigenvalue weighted by Crippen LogP contribution is 2.30. The summed E-state index contributed by atoms with van der Waals surface area (Å²) in [6.45, 7) is 3.35. The number of carbonyl (C=O) groups is 3. The number of hydrazine groups is 1. The minimum Gasteiger partial charge on any atom is -0.508 e. The number of nitrogens with zero attached hydrogens (tertiary/aromatic N) is 4. The molecule has 2 fully saturated rings. The van der Waals surface area contributed by atoms with Crippen LogP contribution in [0.15, 0.2) is 85.6 Å². The summed E-state index contributed by atoms with van der Waals surface area (Å²) >= 11 is 0. The Morgan fingerprint density at radius 2 is 1.76 bits per heavy atom. The molecule has 0 bridgehead atoms. The molecule has 2 aliphatic rings. The van der Waals surface area contributed by atoms with Gasteiger partial charge in [0.2, 0.25) is 11.8 Å². The standard InChI is InChI=1S/C30H29F2N5O4/c1-2-35-19-28(39)36-26(14-20-8-11-24(38)12-9-20)29(40)34(17-22-15-23(31)10-13-25(22)32)18-27(36)37(35)30(41)33-16-21-6-4-3-5-7-21/h2-13,15,26-27,38H,1,14,16-19H2,(H,33,41)/t26-,27?/m0/s1. The number of piperazine rings is 1. The minimum atomic E-state index is -1.04. The van der Waals surface area contributed by atoms with Gasteiger partial charge in [-0.15, -0.1) is 0 Å². The fourth-order valence-electron chi connectivity index (χ4n) is 5.23. The monoisotopic (exact) mass is 561 g/mol. The lowest BCUT2D eigenvalue weighted by molar-refractivity contribution is -0.184. The third kappa shape index (κ3) is 5.84. The zero-order valence-corrected chi connectivity index (χ0v) is 22.1. The maximum Gasteiger partial charge on any atom is 0.338 e. The first-order valence-corrected chi connectivity index (χ1v) is 13.1. The highest BCUT2D eigenvalue weighted by molar-refractivity contribution is 5.91. The molecule has 5 rings (SSSR count). The Bertz CT molecular complexity index is 1450. The molecule has 0 radical (unpaired) electrons. The van der Waals surface area contributed by atoms with Crippen molar-refractivity contribution >= 4 is 17.8 Å². The second kappa shape index (κ2) is 11.7. The molecule has 2 heterocycles. The molecule has 4 amide bonds. The van der Waals surface area contributed by atoms with Crippen LogP contribution in [0.1, 0.15) is 16.7 Å². The average molecular weight is 562 g/mol. The van der Waals surface area contributed by atoms with Crippen molar-refractivity contribution in [2.75, 3.05) is 13.1 Å². The SMILES string of the molecule is C=CN1CC(=O)N2C(CN(Cc3cc(F)ccc3F)C(=O)[C@@H]2Cc2ccc(O)cc2)N1C(=O)NCc1ccccc1. The van der Waals surface area contributed by atoms with Crippen molar-refractivity contribution < 1.29 is 28.3 Å². The molecule has 0 spiro atoms. The molecule has 0 aromatic heterocycles. The van der Waals surface area contributed by atoms with Gasteiger partial charge in [0.15, 0.2) is 0 Å². The normalized spacial score (nSPS) is 18.8. The lowest BCUT2D eigenvalue weighted by Crippen LogP contribution is -2.75. The maximum absolute atomic E-state index is 14.6. The average Bonchev–Trinajstić information content (AvgIpc) is 2.97. The Balaban J connectivity index is 1.50. The fraction of sp³-hybridized carbons (Fsp3) is 0.233. The molecular formula is C30H29F2N5O4. The maximum atomic E-state index is 14.6. The van der Waals surface area contributed by atoms with Crippen LogP contribution in [0.4, 0.5) is 13.6 Å². The summed E-state index contributed by atoms with van der Waals surface area (Å²) in [6.07, 6.45) is 0.484. The number of benzene rings is 3. The first kappa shape index (κ1) is 27.6. The molecular weight excluding hydrogens is 532 g/mol. The van der Waals surface area contributed by atoms with Crippen molar-refractivity contribution in [1.82, 2.24) is 25.1 Å². The van der Waals surface area contributed by atoms with Crippen LogP contribution < -0.4 is 5.32 Å². The van der Waals surface area contributed by atoms with Gasteiger partial charge in [-0.25, -0.2) is 18.6 Å². The second-order valence-electron chi connectivity index (χ2n) is 9.89. The van der Waals surface area contributed by atoms with Gasteiger partial charge in [0.1, 0.15) is 36.1 Å². The second-order valence-corrected chi connectivity index (χ2v) is 9.89. The van der Waals surface area contributed by atoms with E-state index in [4.69, 9.17) is 0 Å². The van der Waals surface area contributed by atoms with Crippen LogP contribution in [0.5, 0.6) is 5.75 Å². The molecule has 3 aromatic rings. The summed E-state index contributed by atoms with van der Waals surface area (Å²) in [5, 5.41) is 15.3.